The van der Waals surface area contributed by atoms with Gasteiger partial charge in [-0.2, -0.15) is 0 Å². The highest BCUT2D eigenvalue weighted by Gasteiger charge is 2.11. The van der Waals surface area contributed by atoms with Crippen molar-refractivity contribution in [3.8, 4) is 0 Å². The van der Waals surface area contributed by atoms with E-state index in [-0.39, 0.29) is 6.04 Å². The van der Waals surface area contributed by atoms with E-state index in [4.69, 9.17) is 17.3 Å². The van der Waals surface area contributed by atoms with Crippen molar-refractivity contribution in [2.75, 3.05) is 12.8 Å². The third kappa shape index (κ3) is 2.78. The van der Waals surface area contributed by atoms with Gasteiger partial charge in [-0.1, -0.05) is 35.9 Å². The molecule has 0 aliphatic rings. The summed E-state index contributed by atoms with van der Waals surface area (Å²) in [6, 6.07) is 15.9. The molecule has 3 heteroatoms. The second-order valence-corrected chi connectivity index (χ2v) is 4.38. The number of benzene rings is 2. The molecule has 1 atom stereocenters. The second-order valence-electron chi connectivity index (χ2n) is 3.94. The molecule has 0 radical (unpaired) electrons. The Morgan fingerprint density at radius 1 is 0.941 bits per heavy atom. The highest BCUT2D eigenvalue weighted by atomic mass is 35.5. The minimum atomic E-state index is 0.160. The fourth-order valence-electron chi connectivity index (χ4n) is 1.87. The maximum absolute atomic E-state index is 5.89. The smallest absolute Gasteiger partial charge is 0.0574 e. The van der Waals surface area contributed by atoms with Gasteiger partial charge in [-0.05, 0) is 42.4 Å². The van der Waals surface area contributed by atoms with Gasteiger partial charge >= 0.3 is 0 Å². The van der Waals surface area contributed by atoms with Crippen molar-refractivity contribution in [3.63, 3.8) is 0 Å². The van der Waals surface area contributed by atoms with Crippen molar-refractivity contribution in [1.29, 1.82) is 0 Å². The Kier molecular flexibility index (Phi) is 3.67. The van der Waals surface area contributed by atoms with Crippen molar-refractivity contribution >= 4 is 17.3 Å². The van der Waals surface area contributed by atoms with E-state index < -0.39 is 0 Å². The molecule has 0 aromatic heterocycles. The largest absolute Gasteiger partial charge is 0.399 e. The maximum atomic E-state index is 5.89. The highest BCUT2D eigenvalue weighted by molar-refractivity contribution is 6.30. The molecule has 0 amide bonds. The molecule has 2 aromatic rings. The first-order valence-electron chi connectivity index (χ1n) is 5.49. The van der Waals surface area contributed by atoms with Gasteiger partial charge in [0.1, 0.15) is 0 Å². The van der Waals surface area contributed by atoms with E-state index in [0.717, 1.165) is 10.7 Å². The van der Waals surface area contributed by atoms with E-state index in [9.17, 15) is 0 Å². The quantitative estimate of drug-likeness (QED) is 0.816. The van der Waals surface area contributed by atoms with E-state index in [0.29, 0.717) is 0 Å². The first-order valence-corrected chi connectivity index (χ1v) is 5.86. The summed E-state index contributed by atoms with van der Waals surface area (Å²) < 4.78 is 0. The van der Waals surface area contributed by atoms with E-state index >= 15 is 0 Å². The molecule has 0 aliphatic carbocycles. The SMILES string of the molecule is CNC(c1ccc(N)cc1)c1ccc(Cl)cc1. The Bertz CT molecular complexity index is 431. The van der Waals surface area contributed by atoms with E-state index in [1.165, 1.54) is 11.1 Å². The Labute approximate surface area is 106 Å². The average Bonchev–Trinajstić information content (AvgIpc) is 2.35. The van der Waals surface area contributed by atoms with Crippen LogP contribution < -0.4 is 11.1 Å². The summed E-state index contributed by atoms with van der Waals surface area (Å²) >= 11 is 5.89. The number of rotatable bonds is 3. The topological polar surface area (TPSA) is 38.0 Å². The standard InChI is InChI=1S/C14H15ClN2/c1-17-14(10-2-6-12(15)7-3-10)11-4-8-13(16)9-5-11/h2-9,14,17H,16H2,1H3. The minimum Gasteiger partial charge on any atom is -0.399 e. The number of hydrogen-bond donors (Lipinski definition) is 2. The Hall–Kier alpha value is -1.51. The lowest BCUT2D eigenvalue weighted by Gasteiger charge is -2.17. The van der Waals surface area contributed by atoms with E-state index in [2.05, 4.69) is 5.32 Å². The summed E-state index contributed by atoms with van der Waals surface area (Å²) in [5, 5.41) is 4.04. The lowest BCUT2D eigenvalue weighted by atomic mass is 9.99. The Morgan fingerprint density at radius 2 is 1.41 bits per heavy atom. The maximum Gasteiger partial charge on any atom is 0.0574 e. The molecule has 1 unspecified atom stereocenters. The second kappa shape index (κ2) is 5.21. The zero-order valence-electron chi connectivity index (χ0n) is 9.65. The van der Waals surface area contributed by atoms with Gasteiger partial charge in [0.05, 0.1) is 6.04 Å². The lowest BCUT2D eigenvalue weighted by molar-refractivity contribution is 0.692. The van der Waals surface area contributed by atoms with Crippen molar-refractivity contribution in [2.24, 2.45) is 0 Å². The van der Waals surface area contributed by atoms with E-state index in [1.54, 1.807) is 0 Å². The van der Waals surface area contributed by atoms with Crippen molar-refractivity contribution < 1.29 is 0 Å². The van der Waals surface area contributed by atoms with Crippen molar-refractivity contribution in [2.45, 2.75) is 6.04 Å². The van der Waals surface area contributed by atoms with Crippen LogP contribution in [0.1, 0.15) is 17.2 Å². The molecule has 0 aliphatic heterocycles. The Morgan fingerprint density at radius 3 is 1.88 bits per heavy atom. The summed E-state index contributed by atoms with van der Waals surface area (Å²) in [7, 11) is 1.94. The molecular formula is C14H15ClN2. The summed E-state index contributed by atoms with van der Waals surface area (Å²) in [6.45, 7) is 0. The lowest BCUT2D eigenvalue weighted by Crippen LogP contribution is -2.17. The van der Waals surface area contributed by atoms with Gasteiger partial charge in [0.25, 0.3) is 0 Å². The van der Waals surface area contributed by atoms with Crippen LogP contribution >= 0.6 is 11.6 Å². The van der Waals surface area contributed by atoms with Crippen molar-refractivity contribution in [1.82, 2.24) is 5.32 Å². The van der Waals surface area contributed by atoms with Gasteiger partial charge in [-0.25, -0.2) is 0 Å². The summed E-state index contributed by atoms with van der Waals surface area (Å²) in [4.78, 5) is 0. The third-order valence-corrected chi connectivity index (χ3v) is 3.01. The van der Waals surface area contributed by atoms with Gasteiger partial charge in [-0.15, -0.1) is 0 Å². The predicted molar refractivity (Wildman–Crippen MR) is 73.2 cm³/mol. The normalized spacial score (nSPS) is 12.4. The highest BCUT2D eigenvalue weighted by Crippen LogP contribution is 2.23. The fourth-order valence-corrected chi connectivity index (χ4v) is 2.00. The number of anilines is 1. The molecular weight excluding hydrogens is 232 g/mol. The summed E-state index contributed by atoms with van der Waals surface area (Å²) in [5.41, 5.74) is 8.83. The molecule has 88 valence electrons. The van der Waals surface area contributed by atoms with Crippen LogP contribution in [0, 0.1) is 0 Å². The molecule has 0 bridgehead atoms. The zero-order chi connectivity index (χ0) is 12.3. The van der Waals surface area contributed by atoms with Gasteiger partial charge < -0.3 is 11.1 Å². The van der Waals surface area contributed by atoms with Crippen molar-refractivity contribution in [3.05, 3.63) is 64.7 Å². The molecule has 17 heavy (non-hydrogen) atoms. The zero-order valence-corrected chi connectivity index (χ0v) is 10.4. The number of nitrogens with one attached hydrogen (secondary N) is 1. The molecule has 0 spiro atoms. The fraction of sp³-hybridized carbons (Fsp3) is 0.143. The predicted octanol–water partition coefficient (Wildman–Crippen LogP) is 3.23. The minimum absolute atomic E-state index is 0.160. The number of halogens is 1. The number of nitrogens with two attached hydrogens (primary N) is 1. The monoisotopic (exact) mass is 246 g/mol. The van der Waals surface area contributed by atoms with Crippen LogP contribution in [0.25, 0.3) is 0 Å². The van der Waals surface area contributed by atoms with Crippen LogP contribution in [-0.4, -0.2) is 7.05 Å². The number of nitrogen functional groups attached to an aromatic ring is 1. The van der Waals surface area contributed by atoms with Gasteiger partial charge in [0.15, 0.2) is 0 Å². The molecule has 0 fully saturated rings. The molecule has 0 heterocycles. The third-order valence-electron chi connectivity index (χ3n) is 2.76. The molecule has 0 saturated heterocycles. The summed E-state index contributed by atoms with van der Waals surface area (Å²) in [6.07, 6.45) is 0. The van der Waals surface area contributed by atoms with Crippen LogP contribution in [0.2, 0.25) is 5.02 Å². The summed E-state index contributed by atoms with van der Waals surface area (Å²) in [5.74, 6) is 0. The molecule has 3 N–H and O–H groups in total. The molecule has 2 nitrogen and oxygen atoms in total. The first-order chi connectivity index (χ1) is 8.20. The average molecular weight is 247 g/mol. The molecule has 0 saturated carbocycles. The first kappa shape index (κ1) is 12.0. The molecule has 2 rings (SSSR count). The van der Waals surface area contributed by atoms with Crippen LogP contribution in [0.5, 0.6) is 0 Å². The van der Waals surface area contributed by atoms with Crippen LogP contribution in [0.15, 0.2) is 48.5 Å². The van der Waals surface area contributed by atoms with Crippen LogP contribution in [0.4, 0.5) is 5.69 Å². The van der Waals surface area contributed by atoms with E-state index in [1.807, 2.05) is 55.6 Å². The van der Waals surface area contributed by atoms with Gasteiger partial charge in [0, 0.05) is 10.7 Å². The number of hydrogen-bond acceptors (Lipinski definition) is 2. The van der Waals surface area contributed by atoms with Gasteiger partial charge in [0.2, 0.25) is 0 Å². The van der Waals surface area contributed by atoms with Crippen LogP contribution in [0.3, 0.4) is 0 Å². The van der Waals surface area contributed by atoms with Gasteiger partial charge in [-0.3, -0.25) is 0 Å². The molecule has 2 aromatic carbocycles. The van der Waals surface area contributed by atoms with Crippen LogP contribution in [-0.2, 0) is 0 Å². The Balaban J connectivity index is 2.33.